The van der Waals surface area contributed by atoms with Gasteiger partial charge in [0, 0.05) is 7.05 Å². The van der Waals surface area contributed by atoms with Crippen LogP contribution in [0.2, 0.25) is 0 Å². The lowest BCUT2D eigenvalue weighted by atomic mass is 9.98. The fourth-order valence-electron chi connectivity index (χ4n) is 1.97. The predicted octanol–water partition coefficient (Wildman–Crippen LogP) is 3.18. The van der Waals surface area contributed by atoms with Gasteiger partial charge in [0.15, 0.2) is 5.11 Å². The summed E-state index contributed by atoms with van der Waals surface area (Å²) in [4.78, 5) is 0. The maximum atomic E-state index is 5.24. The first-order chi connectivity index (χ1) is 9.20. The molecule has 0 aliphatic rings. The Balaban J connectivity index is 2.34. The Kier molecular flexibility index (Phi) is 4.53. The van der Waals surface area contributed by atoms with E-state index in [1.54, 1.807) is 0 Å². The third-order valence-corrected chi connectivity index (χ3v) is 3.37. The lowest BCUT2D eigenvalue weighted by molar-refractivity contribution is 0.752. The predicted molar refractivity (Wildman–Crippen MR) is 84.3 cm³/mol. The van der Waals surface area contributed by atoms with Crippen molar-refractivity contribution in [2.24, 2.45) is 0 Å². The number of aryl methyl sites for hydroxylation is 1. The maximum absolute atomic E-state index is 5.24. The van der Waals surface area contributed by atoms with Crippen LogP contribution in [0.15, 0.2) is 54.6 Å². The average Bonchev–Trinajstić information content (AvgIpc) is 2.46. The molecule has 0 aliphatic heterocycles. The van der Waals surface area contributed by atoms with Crippen LogP contribution in [0.3, 0.4) is 0 Å². The lowest BCUT2D eigenvalue weighted by Crippen LogP contribution is -2.36. The van der Waals surface area contributed by atoms with Crippen molar-refractivity contribution in [2.75, 3.05) is 7.05 Å². The molecule has 2 rings (SSSR count). The molecule has 3 heteroatoms. The first-order valence-electron chi connectivity index (χ1n) is 6.30. The van der Waals surface area contributed by atoms with Gasteiger partial charge in [-0.05, 0) is 30.3 Å². The minimum atomic E-state index is 0.0711. The van der Waals surface area contributed by atoms with Crippen molar-refractivity contribution in [1.82, 2.24) is 10.6 Å². The molecule has 0 saturated heterocycles. The summed E-state index contributed by atoms with van der Waals surface area (Å²) in [6, 6.07) is 18.9. The highest BCUT2D eigenvalue weighted by atomic mass is 32.1. The van der Waals surface area contributed by atoms with E-state index in [4.69, 9.17) is 12.2 Å². The second kappa shape index (κ2) is 6.34. The van der Waals surface area contributed by atoms with Gasteiger partial charge in [0.05, 0.1) is 6.04 Å². The molecule has 0 fully saturated rings. The molecule has 0 aromatic heterocycles. The molecular weight excluding hydrogens is 252 g/mol. The van der Waals surface area contributed by atoms with Crippen molar-refractivity contribution in [3.63, 3.8) is 0 Å². The second-order valence-electron chi connectivity index (χ2n) is 4.48. The fourth-order valence-corrected chi connectivity index (χ4v) is 2.08. The van der Waals surface area contributed by atoms with Gasteiger partial charge in [-0.2, -0.15) is 0 Å². The van der Waals surface area contributed by atoms with Crippen molar-refractivity contribution in [3.8, 4) is 0 Å². The summed E-state index contributed by atoms with van der Waals surface area (Å²) >= 11 is 5.24. The topological polar surface area (TPSA) is 24.1 Å². The van der Waals surface area contributed by atoms with Gasteiger partial charge < -0.3 is 10.6 Å². The number of nitrogens with one attached hydrogen (secondary N) is 2. The highest BCUT2D eigenvalue weighted by molar-refractivity contribution is 7.80. The monoisotopic (exact) mass is 270 g/mol. The molecule has 0 unspecified atom stereocenters. The van der Waals surface area contributed by atoms with Crippen LogP contribution in [-0.2, 0) is 0 Å². The summed E-state index contributed by atoms with van der Waals surface area (Å²) < 4.78 is 0. The highest BCUT2D eigenvalue weighted by Gasteiger charge is 2.14. The molecule has 0 spiro atoms. The molecule has 2 nitrogen and oxygen atoms in total. The zero-order valence-electron chi connectivity index (χ0n) is 11.2. The first kappa shape index (κ1) is 13.6. The van der Waals surface area contributed by atoms with E-state index in [0.29, 0.717) is 5.11 Å². The number of hydrogen-bond acceptors (Lipinski definition) is 1. The summed E-state index contributed by atoms with van der Waals surface area (Å²) in [5.74, 6) is 0. The van der Waals surface area contributed by atoms with Gasteiger partial charge in [-0.3, -0.25) is 0 Å². The highest BCUT2D eigenvalue weighted by Crippen LogP contribution is 2.22. The van der Waals surface area contributed by atoms with Crippen LogP contribution >= 0.6 is 12.2 Å². The summed E-state index contributed by atoms with van der Waals surface area (Å²) in [5, 5.41) is 6.95. The van der Waals surface area contributed by atoms with Crippen LogP contribution in [0.5, 0.6) is 0 Å². The Bertz CT molecular complexity index is 534. The molecule has 0 radical (unpaired) electrons. The van der Waals surface area contributed by atoms with Gasteiger partial charge in [-0.1, -0.05) is 60.2 Å². The molecule has 19 heavy (non-hydrogen) atoms. The quantitative estimate of drug-likeness (QED) is 0.838. The van der Waals surface area contributed by atoms with Gasteiger partial charge in [0.25, 0.3) is 0 Å². The molecule has 0 heterocycles. The van der Waals surface area contributed by atoms with Gasteiger partial charge >= 0.3 is 0 Å². The summed E-state index contributed by atoms with van der Waals surface area (Å²) in [7, 11) is 1.83. The fraction of sp³-hybridized carbons (Fsp3) is 0.188. The van der Waals surface area contributed by atoms with Crippen LogP contribution in [0, 0.1) is 6.92 Å². The third-order valence-electron chi connectivity index (χ3n) is 3.05. The zero-order valence-corrected chi connectivity index (χ0v) is 12.0. The number of thiocarbonyl (C=S) groups is 1. The summed E-state index contributed by atoms with van der Waals surface area (Å²) in [5.41, 5.74) is 3.66. The third kappa shape index (κ3) is 3.55. The standard InChI is InChI=1S/C16H18N2S/c1-12-8-10-14(11-9-12)15(18-16(19)17-2)13-6-4-3-5-7-13/h3-11,15H,1-2H3,(H2,17,18,19)/t15-/m0/s1. The molecule has 2 aromatic carbocycles. The molecule has 0 aliphatic carbocycles. The molecular formula is C16H18N2S. The van der Waals surface area contributed by atoms with E-state index in [1.807, 2.05) is 25.2 Å². The summed E-state index contributed by atoms with van der Waals surface area (Å²) in [6.45, 7) is 2.09. The van der Waals surface area contributed by atoms with Crippen molar-refractivity contribution in [3.05, 3.63) is 71.3 Å². The van der Waals surface area contributed by atoms with E-state index in [0.717, 1.165) is 0 Å². The molecule has 1 atom stereocenters. The van der Waals surface area contributed by atoms with Gasteiger partial charge in [0.1, 0.15) is 0 Å². The second-order valence-corrected chi connectivity index (χ2v) is 4.89. The van der Waals surface area contributed by atoms with Crippen LogP contribution in [-0.4, -0.2) is 12.2 Å². The molecule has 2 N–H and O–H groups in total. The van der Waals surface area contributed by atoms with E-state index >= 15 is 0 Å². The Morgan fingerprint density at radius 2 is 1.53 bits per heavy atom. The number of hydrogen-bond donors (Lipinski definition) is 2. The van der Waals surface area contributed by atoms with Crippen molar-refractivity contribution in [1.29, 1.82) is 0 Å². The minimum absolute atomic E-state index is 0.0711. The van der Waals surface area contributed by atoms with Gasteiger partial charge in [-0.25, -0.2) is 0 Å². The Morgan fingerprint density at radius 1 is 0.947 bits per heavy atom. The van der Waals surface area contributed by atoms with Crippen molar-refractivity contribution >= 4 is 17.3 Å². The molecule has 2 aromatic rings. The van der Waals surface area contributed by atoms with E-state index in [-0.39, 0.29) is 6.04 Å². The van der Waals surface area contributed by atoms with Crippen LogP contribution in [0.4, 0.5) is 0 Å². The Hall–Kier alpha value is -1.87. The smallest absolute Gasteiger partial charge is 0.166 e. The maximum Gasteiger partial charge on any atom is 0.166 e. The normalized spacial score (nSPS) is 11.7. The first-order valence-corrected chi connectivity index (χ1v) is 6.71. The van der Waals surface area contributed by atoms with Crippen LogP contribution < -0.4 is 10.6 Å². The van der Waals surface area contributed by atoms with Crippen molar-refractivity contribution in [2.45, 2.75) is 13.0 Å². The lowest BCUT2D eigenvalue weighted by Gasteiger charge is -2.21. The van der Waals surface area contributed by atoms with E-state index in [1.165, 1.54) is 16.7 Å². The SMILES string of the molecule is CNC(=S)N[C@@H](c1ccccc1)c1ccc(C)cc1. The number of rotatable bonds is 3. The zero-order chi connectivity index (χ0) is 13.7. The number of benzene rings is 2. The molecule has 0 bridgehead atoms. The Labute approximate surface area is 119 Å². The van der Waals surface area contributed by atoms with E-state index in [9.17, 15) is 0 Å². The van der Waals surface area contributed by atoms with Gasteiger partial charge in [-0.15, -0.1) is 0 Å². The van der Waals surface area contributed by atoms with Crippen LogP contribution in [0.1, 0.15) is 22.7 Å². The molecule has 0 saturated carbocycles. The van der Waals surface area contributed by atoms with E-state index < -0.39 is 0 Å². The molecule has 0 amide bonds. The van der Waals surface area contributed by atoms with Crippen molar-refractivity contribution < 1.29 is 0 Å². The Morgan fingerprint density at radius 3 is 2.11 bits per heavy atom. The van der Waals surface area contributed by atoms with Crippen LogP contribution in [0.25, 0.3) is 0 Å². The summed E-state index contributed by atoms with van der Waals surface area (Å²) in [6.07, 6.45) is 0. The minimum Gasteiger partial charge on any atom is -0.366 e. The van der Waals surface area contributed by atoms with Gasteiger partial charge in [0.2, 0.25) is 0 Å². The van der Waals surface area contributed by atoms with E-state index in [2.05, 4.69) is 54.0 Å². The largest absolute Gasteiger partial charge is 0.366 e. The molecule has 98 valence electrons. The average molecular weight is 270 g/mol.